The molecule has 0 radical (unpaired) electrons. The molecule has 2 aromatic carbocycles. The summed E-state index contributed by atoms with van der Waals surface area (Å²) in [4.78, 5) is 2.19. The summed E-state index contributed by atoms with van der Waals surface area (Å²) in [5.74, 6) is 0. The minimum absolute atomic E-state index is 0.476. The third-order valence-electron chi connectivity index (χ3n) is 5.40. The Bertz CT molecular complexity index is 949. The average molecular weight is 377 g/mol. The van der Waals surface area contributed by atoms with Crippen molar-refractivity contribution in [3.63, 3.8) is 0 Å². The molecule has 5 heteroatoms. The molecule has 4 rings (SSSR count). The predicted molar refractivity (Wildman–Crippen MR) is 110 cm³/mol. The molecular weight excluding hydrogens is 350 g/mol. The van der Waals surface area contributed by atoms with Crippen LogP contribution >= 0.6 is 0 Å². The maximum atomic E-state index is 10.0. The SMILES string of the molecule is Cc1ccc(-n2cc(CN3CC[C@H](O)[C@@H](O)C3)c(-c3cccc(C)c3)n2)cc1. The zero-order chi connectivity index (χ0) is 19.7. The first-order valence-corrected chi connectivity index (χ1v) is 9.81. The molecule has 146 valence electrons. The molecule has 0 bridgehead atoms. The Labute approximate surface area is 165 Å². The third kappa shape index (κ3) is 4.02. The molecule has 28 heavy (non-hydrogen) atoms. The van der Waals surface area contributed by atoms with Crippen LogP contribution in [0.25, 0.3) is 16.9 Å². The van der Waals surface area contributed by atoms with E-state index in [9.17, 15) is 10.2 Å². The van der Waals surface area contributed by atoms with Crippen LogP contribution in [-0.2, 0) is 6.54 Å². The Morgan fingerprint density at radius 3 is 2.50 bits per heavy atom. The lowest BCUT2D eigenvalue weighted by molar-refractivity contribution is -0.0403. The molecule has 1 aliphatic rings. The van der Waals surface area contributed by atoms with Gasteiger partial charge in [-0.25, -0.2) is 4.68 Å². The Balaban J connectivity index is 1.69. The van der Waals surface area contributed by atoms with Crippen molar-refractivity contribution in [1.29, 1.82) is 0 Å². The number of hydrogen-bond donors (Lipinski definition) is 2. The first-order chi connectivity index (χ1) is 13.5. The van der Waals surface area contributed by atoms with E-state index in [1.165, 1.54) is 11.1 Å². The number of rotatable bonds is 4. The summed E-state index contributed by atoms with van der Waals surface area (Å²) in [7, 11) is 0. The number of aromatic nitrogens is 2. The maximum Gasteiger partial charge on any atom is 0.0972 e. The van der Waals surface area contributed by atoms with Gasteiger partial charge in [0.1, 0.15) is 0 Å². The second kappa shape index (κ2) is 7.87. The number of hydrogen-bond acceptors (Lipinski definition) is 4. The Morgan fingerprint density at radius 2 is 1.79 bits per heavy atom. The normalized spacial score (nSPS) is 20.4. The van der Waals surface area contributed by atoms with E-state index in [1.54, 1.807) is 0 Å². The number of piperidine rings is 1. The zero-order valence-electron chi connectivity index (χ0n) is 16.4. The van der Waals surface area contributed by atoms with E-state index in [0.29, 0.717) is 19.5 Å². The number of aliphatic hydroxyl groups is 2. The molecule has 1 aromatic heterocycles. The maximum absolute atomic E-state index is 10.0. The summed E-state index contributed by atoms with van der Waals surface area (Å²) in [6.07, 6.45) is 1.36. The smallest absolute Gasteiger partial charge is 0.0972 e. The van der Waals surface area contributed by atoms with Crippen LogP contribution in [0.2, 0.25) is 0 Å². The van der Waals surface area contributed by atoms with Gasteiger partial charge in [0.15, 0.2) is 0 Å². The molecule has 0 unspecified atom stereocenters. The van der Waals surface area contributed by atoms with Crippen LogP contribution in [0.4, 0.5) is 0 Å². The van der Waals surface area contributed by atoms with Gasteiger partial charge in [0.25, 0.3) is 0 Å². The van der Waals surface area contributed by atoms with Gasteiger partial charge in [0, 0.05) is 37.0 Å². The van der Waals surface area contributed by atoms with E-state index in [0.717, 1.165) is 29.1 Å². The van der Waals surface area contributed by atoms with Gasteiger partial charge in [-0.2, -0.15) is 5.10 Å². The van der Waals surface area contributed by atoms with Crippen molar-refractivity contribution in [1.82, 2.24) is 14.7 Å². The van der Waals surface area contributed by atoms with Gasteiger partial charge in [-0.05, 0) is 38.5 Å². The summed E-state index contributed by atoms with van der Waals surface area (Å²) >= 11 is 0. The minimum Gasteiger partial charge on any atom is -0.390 e. The van der Waals surface area contributed by atoms with Crippen LogP contribution in [0.1, 0.15) is 23.1 Å². The molecule has 0 saturated carbocycles. The third-order valence-corrected chi connectivity index (χ3v) is 5.40. The van der Waals surface area contributed by atoms with E-state index < -0.39 is 12.2 Å². The Morgan fingerprint density at radius 1 is 1.00 bits per heavy atom. The molecule has 1 saturated heterocycles. The minimum atomic E-state index is -0.691. The first-order valence-electron chi connectivity index (χ1n) is 9.81. The van der Waals surface area contributed by atoms with E-state index in [1.807, 2.05) is 4.68 Å². The highest BCUT2D eigenvalue weighted by Gasteiger charge is 2.27. The first kappa shape index (κ1) is 18.9. The highest BCUT2D eigenvalue weighted by molar-refractivity contribution is 5.64. The fourth-order valence-corrected chi connectivity index (χ4v) is 3.76. The number of aliphatic hydroxyl groups excluding tert-OH is 2. The monoisotopic (exact) mass is 377 g/mol. The molecule has 2 heterocycles. The van der Waals surface area contributed by atoms with Crippen molar-refractivity contribution in [2.24, 2.45) is 0 Å². The van der Waals surface area contributed by atoms with E-state index in [4.69, 9.17) is 5.10 Å². The van der Waals surface area contributed by atoms with Crippen molar-refractivity contribution >= 4 is 0 Å². The lowest BCUT2D eigenvalue weighted by atomic mass is 10.0. The second-order valence-corrected chi connectivity index (χ2v) is 7.81. The van der Waals surface area contributed by atoms with Crippen LogP contribution in [0.5, 0.6) is 0 Å². The van der Waals surface area contributed by atoms with Crippen molar-refractivity contribution in [3.05, 3.63) is 71.4 Å². The fraction of sp³-hybridized carbons (Fsp3) is 0.348. The Hall–Kier alpha value is -2.47. The van der Waals surface area contributed by atoms with Crippen LogP contribution in [0, 0.1) is 13.8 Å². The molecule has 2 N–H and O–H groups in total. The summed E-state index contributed by atoms with van der Waals surface area (Å²) in [5, 5.41) is 24.8. The van der Waals surface area contributed by atoms with Gasteiger partial charge in [0.2, 0.25) is 0 Å². The second-order valence-electron chi connectivity index (χ2n) is 7.81. The average Bonchev–Trinajstić information content (AvgIpc) is 3.09. The van der Waals surface area contributed by atoms with Gasteiger partial charge < -0.3 is 10.2 Å². The number of likely N-dealkylation sites (tertiary alicyclic amines) is 1. The molecule has 3 aromatic rings. The molecule has 2 atom stereocenters. The predicted octanol–water partition coefficient (Wildman–Crippen LogP) is 3.08. The molecule has 1 aliphatic heterocycles. The quantitative estimate of drug-likeness (QED) is 0.734. The largest absolute Gasteiger partial charge is 0.390 e. The van der Waals surface area contributed by atoms with Crippen LogP contribution in [0.15, 0.2) is 54.7 Å². The summed E-state index contributed by atoms with van der Waals surface area (Å²) < 4.78 is 1.93. The number of nitrogens with zero attached hydrogens (tertiary/aromatic N) is 3. The molecule has 5 nitrogen and oxygen atoms in total. The molecular formula is C23H27N3O2. The van der Waals surface area contributed by atoms with Crippen LogP contribution < -0.4 is 0 Å². The van der Waals surface area contributed by atoms with Crippen molar-refractivity contribution in [2.45, 2.75) is 39.0 Å². The fourth-order valence-electron chi connectivity index (χ4n) is 3.76. The lowest BCUT2D eigenvalue weighted by Crippen LogP contribution is -2.46. The summed E-state index contributed by atoms with van der Waals surface area (Å²) in [6, 6.07) is 16.7. The van der Waals surface area contributed by atoms with E-state index in [2.05, 4.69) is 73.5 Å². The Kier molecular flexibility index (Phi) is 5.31. The van der Waals surface area contributed by atoms with E-state index >= 15 is 0 Å². The number of aryl methyl sites for hydroxylation is 2. The van der Waals surface area contributed by atoms with Gasteiger partial charge >= 0.3 is 0 Å². The molecule has 0 spiro atoms. The molecule has 1 fully saturated rings. The van der Waals surface area contributed by atoms with Crippen molar-refractivity contribution in [3.8, 4) is 16.9 Å². The highest BCUT2D eigenvalue weighted by Crippen LogP contribution is 2.27. The highest BCUT2D eigenvalue weighted by atomic mass is 16.3. The van der Waals surface area contributed by atoms with Gasteiger partial charge in [-0.3, -0.25) is 4.90 Å². The number of β-amino-alcohol motifs (C(OH)–C–C–N with tert-alkyl or cyclic N) is 1. The standard InChI is InChI=1S/C23H27N3O2/c1-16-6-8-20(9-7-16)26-14-19(13-25-11-10-21(27)22(28)15-25)23(24-26)18-5-3-4-17(2)12-18/h3-9,12,14,21-22,27-28H,10-11,13,15H2,1-2H3/t21-,22-/m0/s1. The van der Waals surface area contributed by atoms with Crippen molar-refractivity contribution < 1.29 is 10.2 Å². The van der Waals surface area contributed by atoms with Crippen molar-refractivity contribution in [2.75, 3.05) is 13.1 Å². The topological polar surface area (TPSA) is 61.5 Å². The van der Waals surface area contributed by atoms with Crippen LogP contribution in [-0.4, -0.2) is 50.2 Å². The lowest BCUT2D eigenvalue weighted by Gasteiger charge is -2.33. The van der Waals surface area contributed by atoms with Gasteiger partial charge in [0.05, 0.1) is 23.6 Å². The number of benzene rings is 2. The molecule has 0 aliphatic carbocycles. The summed E-state index contributed by atoms with van der Waals surface area (Å²) in [6.45, 7) is 6.10. The zero-order valence-corrected chi connectivity index (χ0v) is 16.4. The summed E-state index contributed by atoms with van der Waals surface area (Å²) in [5.41, 5.74) is 6.62. The van der Waals surface area contributed by atoms with Crippen LogP contribution in [0.3, 0.4) is 0 Å². The van der Waals surface area contributed by atoms with E-state index in [-0.39, 0.29) is 0 Å². The molecule has 0 amide bonds. The van der Waals surface area contributed by atoms with Gasteiger partial charge in [-0.1, -0.05) is 41.5 Å². The van der Waals surface area contributed by atoms with Gasteiger partial charge in [-0.15, -0.1) is 0 Å².